The van der Waals surface area contributed by atoms with E-state index in [4.69, 9.17) is 4.74 Å². The fourth-order valence-corrected chi connectivity index (χ4v) is 2.70. The lowest BCUT2D eigenvalue weighted by molar-refractivity contribution is -0.122. The van der Waals surface area contributed by atoms with Crippen LogP contribution in [0, 0.1) is 0 Å². The highest BCUT2D eigenvalue weighted by molar-refractivity contribution is 5.89. The smallest absolute Gasteiger partial charge is 0.426 e. The molecule has 1 heterocycles. The van der Waals surface area contributed by atoms with Gasteiger partial charge in [0.2, 0.25) is 0 Å². The normalized spacial score (nSPS) is 10.4. The van der Waals surface area contributed by atoms with Crippen molar-refractivity contribution in [1.82, 2.24) is 15.4 Å². The van der Waals surface area contributed by atoms with Gasteiger partial charge in [0.1, 0.15) is 6.54 Å². The van der Waals surface area contributed by atoms with Gasteiger partial charge < -0.3 is 9.30 Å². The third-order valence-electron chi connectivity index (χ3n) is 3.76. The molecule has 0 radical (unpaired) electrons. The molecule has 0 aliphatic rings. The van der Waals surface area contributed by atoms with E-state index in [1.54, 1.807) is 6.92 Å². The minimum absolute atomic E-state index is 0.0736. The summed E-state index contributed by atoms with van der Waals surface area (Å²) < 4.78 is 6.64. The second-order valence-electron chi connectivity index (χ2n) is 5.43. The lowest BCUT2D eigenvalue weighted by atomic mass is 10.1. The van der Waals surface area contributed by atoms with E-state index in [-0.39, 0.29) is 19.1 Å². The summed E-state index contributed by atoms with van der Waals surface area (Å²) in [5.41, 5.74) is 7.50. The van der Waals surface area contributed by atoms with E-state index in [9.17, 15) is 9.59 Å². The van der Waals surface area contributed by atoms with E-state index in [0.717, 1.165) is 22.2 Å². The monoisotopic (exact) mass is 337 g/mol. The van der Waals surface area contributed by atoms with Crippen LogP contribution in [0.2, 0.25) is 0 Å². The second-order valence-corrected chi connectivity index (χ2v) is 5.43. The molecule has 25 heavy (non-hydrogen) atoms. The maximum Gasteiger partial charge on any atom is 0.426 e. The number of aromatic nitrogens is 1. The van der Waals surface area contributed by atoms with Gasteiger partial charge in [0, 0.05) is 16.6 Å². The standard InChI is InChI=1S/C19H19N3O3/c1-2-25-19(24)21-20-18(23)13-22-16-11-7-6-10-15(16)12-17(22)14-8-4-3-5-9-14/h3-12H,2,13H2,1H3,(H,20,23)(H,21,24). The summed E-state index contributed by atoms with van der Waals surface area (Å²) in [5, 5.41) is 1.05. The number of rotatable bonds is 4. The van der Waals surface area contributed by atoms with Crippen molar-refractivity contribution in [2.45, 2.75) is 13.5 Å². The van der Waals surface area contributed by atoms with Crippen LogP contribution < -0.4 is 10.9 Å². The number of hydrogen-bond donors (Lipinski definition) is 2. The van der Waals surface area contributed by atoms with Crippen molar-refractivity contribution in [3.05, 3.63) is 60.7 Å². The van der Waals surface area contributed by atoms with Crippen LogP contribution in [0.25, 0.3) is 22.2 Å². The van der Waals surface area contributed by atoms with Gasteiger partial charge in [-0.05, 0) is 24.6 Å². The van der Waals surface area contributed by atoms with E-state index < -0.39 is 6.09 Å². The van der Waals surface area contributed by atoms with Crippen LogP contribution in [0.4, 0.5) is 4.79 Å². The van der Waals surface area contributed by atoms with Crippen LogP contribution in [0.5, 0.6) is 0 Å². The van der Waals surface area contributed by atoms with Gasteiger partial charge in [-0.15, -0.1) is 0 Å². The zero-order chi connectivity index (χ0) is 17.6. The first-order valence-corrected chi connectivity index (χ1v) is 8.04. The highest BCUT2D eigenvalue weighted by atomic mass is 16.5. The molecule has 0 atom stereocenters. The predicted octanol–water partition coefficient (Wildman–Crippen LogP) is 3.09. The largest absolute Gasteiger partial charge is 0.449 e. The molecule has 0 aliphatic heterocycles. The van der Waals surface area contributed by atoms with Crippen molar-refractivity contribution in [2.24, 2.45) is 0 Å². The molecular weight excluding hydrogens is 318 g/mol. The quantitative estimate of drug-likeness (QED) is 0.719. The molecule has 0 saturated heterocycles. The summed E-state index contributed by atoms with van der Waals surface area (Å²) in [5.74, 6) is -0.341. The zero-order valence-corrected chi connectivity index (χ0v) is 13.9. The number of ether oxygens (including phenoxy) is 1. The Bertz CT molecular complexity index is 887. The van der Waals surface area contributed by atoms with Gasteiger partial charge >= 0.3 is 6.09 Å². The Labute approximate surface area is 145 Å². The Morgan fingerprint density at radius 2 is 1.72 bits per heavy atom. The fraction of sp³-hybridized carbons (Fsp3) is 0.158. The van der Waals surface area contributed by atoms with E-state index in [2.05, 4.69) is 16.9 Å². The van der Waals surface area contributed by atoms with Gasteiger partial charge in [0.05, 0.1) is 6.61 Å². The summed E-state index contributed by atoms with van der Waals surface area (Å²) in [4.78, 5) is 23.5. The third-order valence-corrected chi connectivity index (χ3v) is 3.76. The highest BCUT2D eigenvalue weighted by Crippen LogP contribution is 2.28. The van der Waals surface area contributed by atoms with Gasteiger partial charge in [-0.2, -0.15) is 0 Å². The molecule has 3 aromatic rings. The van der Waals surface area contributed by atoms with E-state index in [1.165, 1.54) is 0 Å². The molecule has 0 fully saturated rings. The van der Waals surface area contributed by atoms with Crippen molar-refractivity contribution in [3.63, 3.8) is 0 Å². The SMILES string of the molecule is CCOC(=O)NNC(=O)Cn1c(-c2ccccc2)cc2ccccc21. The van der Waals surface area contributed by atoms with Crippen LogP contribution in [-0.4, -0.2) is 23.2 Å². The second kappa shape index (κ2) is 7.53. The summed E-state index contributed by atoms with van der Waals surface area (Å²) >= 11 is 0. The van der Waals surface area contributed by atoms with Crippen LogP contribution in [0.15, 0.2) is 60.7 Å². The van der Waals surface area contributed by atoms with Crippen molar-refractivity contribution >= 4 is 22.9 Å². The van der Waals surface area contributed by atoms with E-state index in [1.807, 2.05) is 59.2 Å². The fourth-order valence-electron chi connectivity index (χ4n) is 2.70. The average molecular weight is 337 g/mol. The van der Waals surface area contributed by atoms with Gasteiger partial charge in [-0.25, -0.2) is 10.2 Å². The molecule has 3 rings (SSSR count). The highest BCUT2D eigenvalue weighted by Gasteiger charge is 2.13. The number of hydrazine groups is 1. The Hall–Kier alpha value is -3.28. The summed E-state index contributed by atoms with van der Waals surface area (Å²) in [6, 6.07) is 19.8. The molecule has 0 bridgehead atoms. The number of para-hydroxylation sites is 1. The molecule has 2 amide bonds. The predicted molar refractivity (Wildman–Crippen MR) is 95.7 cm³/mol. The van der Waals surface area contributed by atoms with Crippen molar-refractivity contribution in [1.29, 1.82) is 0 Å². The number of hydrogen-bond acceptors (Lipinski definition) is 3. The molecule has 128 valence electrons. The van der Waals surface area contributed by atoms with Crippen molar-refractivity contribution in [3.8, 4) is 11.3 Å². The third kappa shape index (κ3) is 3.80. The first-order valence-electron chi connectivity index (χ1n) is 8.04. The molecule has 2 N–H and O–H groups in total. The first-order chi connectivity index (χ1) is 12.2. The topological polar surface area (TPSA) is 72.4 Å². The Morgan fingerprint density at radius 3 is 2.48 bits per heavy atom. The summed E-state index contributed by atoms with van der Waals surface area (Å²) in [7, 11) is 0. The van der Waals surface area contributed by atoms with Gasteiger partial charge in [0.15, 0.2) is 0 Å². The Balaban J connectivity index is 1.87. The number of benzene rings is 2. The molecule has 6 nitrogen and oxygen atoms in total. The van der Waals surface area contributed by atoms with Crippen LogP contribution in [0.3, 0.4) is 0 Å². The number of fused-ring (bicyclic) bond motifs is 1. The van der Waals surface area contributed by atoms with E-state index in [0.29, 0.717) is 0 Å². The lowest BCUT2D eigenvalue weighted by Gasteiger charge is -2.12. The van der Waals surface area contributed by atoms with Crippen LogP contribution in [-0.2, 0) is 16.1 Å². The number of nitrogens with one attached hydrogen (secondary N) is 2. The molecule has 0 unspecified atom stereocenters. The van der Waals surface area contributed by atoms with Gasteiger partial charge in [-0.3, -0.25) is 10.2 Å². The summed E-state index contributed by atoms with van der Waals surface area (Å²) in [6.07, 6.45) is -0.684. The summed E-state index contributed by atoms with van der Waals surface area (Å²) in [6.45, 7) is 2.01. The zero-order valence-electron chi connectivity index (χ0n) is 13.9. The van der Waals surface area contributed by atoms with Crippen molar-refractivity contribution in [2.75, 3.05) is 6.61 Å². The van der Waals surface area contributed by atoms with Gasteiger partial charge in [-0.1, -0.05) is 48.5 Å². The maximum absolute atomic E-state index is 12.2. The van der Waals surface area contributed by atoms with Crippen LogP contribution >= 0.6 is 0 Å². The Kier molecular flexibility index (Phi) is 4.99. The maximum atomic E-state index is 12.2. The molecular formula is C19H19N3O3. The molecule has 2 aromatic carbocycles. The minimum atomic E-state index is -0.684. The van der Waals surface area contributed by atoms with E-state index >= 15 is 0 Å². The molecule has 0 aliphatic carbocycles. The Morgan fingerprint density at radius 1 is 1.00 bits per heavy atom. The number of carbonyl (C=O) groups excluding carboxylic acids is 2. The molecule has 1 aromatic heterocycles. The molecule has 0 spiro atoms. The number of amides is 2. The van der Waals surface area contributed by atoms with Crippen molar-refractivity contribution < 1.29 is 14.3 Å². The van der Waals surface area contributed by atoms with Gasteiger partial charge in [0.25, 0.3) is 5.91 Å². The average Bonchev–Trinajstić information content (AvgIpc) is 3.00. The first kappa shape index (κ1) is 16.6. The lowest BCUT2D eigenvalue weighted by Crippen LogP contribution is -2.43. The molecule has 6 heteroatoms. The molecule has 0 saturated carbocycles. The number of carbonyl (C=O) groups is 2. The van der Waals surface area contributed by atoms with Crippen LogP contribution in [0.1, 0.15) is 6.92 Å². The number of nitrogens with zero attached hydrogens (tertiary/aromatic N) is 1. The minimum Gasteiger partial charge on any atom is -0.449 e.